The van der Waals surface area contributed by atoms with Gasteiger partial charge in [-0.2, -0.15) is 5.26 Å². The summed E-state index contributed by atoms with van der Waals surface area (Å²) < 4.78 is 5.58. The second-order valence-electron chi connectivity index (χ2n) is 3.21. The molecule has 0 atom stereocenters. The standard InChI is InChI=1S/C10H10N2O/c1-7-10(13-9-3-4-9)5-2-8(6-11)12-7/h2,5,9H,3-4H2,1H3. The molecule has 1 fully saturated rings. The number of aryl methyl sites for hydroxylation is 1. The summed E-state index contributed by atoms with van der Waals surface area (Å²) in [5.74, 6) is 0.807. The van der Waals surface area contributed by atoms with Crippen LogP contribution >= 0.6 is 0 Å². The largest absolute Gasteiger partial charge is 0.489 e. The number of nitrogens with zero attached hydrogens (tertiary/aromatic N) is 2. The highest BCUT2D eigenvalue weighted by atomic mass is 16.5. The van der Waals surface area contributed by atoms with Gasteiger partial charge in [0.1, 0.15) is 17.5 Å². The van der Waals surface area contributed by atoms with Crippen molar-refractivity contribution in [1.82, 2.24) is 4.98 Å². The molecule has 13 heavy (non-hydrogen) atoms. The van der Waals surface area contributed by atoms with Gasteiger partial charge in [0.25, 0.3) is 0 Å². The van der Waals surface area contributed by atoms with Gasteiger partial charge in [0.2, 0.25) is 0 Å². The van der Waals surface area contributed by atoms with Crippen molar-refractivity contribution in [3.63, 3.8) is 0 Å². The first kappa shape index (κ1) is 8.06. The van der Waals surface area contributed by atoms with E-state index in [2.05, 4.69) is 4.98 Å². The van der Waals surface area contributed by atoms with Crippen molar-refractivity contribution in [3.8, 4) is 11.8 Å². The second kappa shape index (κ2) is 3.06. The monoisotopic (exact) mass is 174 g/mol. The van der Waals surface area contributed by atoms with Crippen LogP contribution in [0.15, 0.2) is 12.1 Å². The average Bonchev–Trinajstić information content (AvgIpc) is 2.92. The average molecular weight is 174 g/mol. The van der Waals surface area contributed by atoms with Gasteiger partial charge in [0.15, 0.2) is 0 Å². The molecular formula is C10H10N2O. The minimum atomic E-state index is 0.383. The maximum absolute atomic E-state index is 8.59. The van der Waals surface area contributed by atoms with Crippen molar-refractivity contribution < 1.29 is 4.74 Å². The summed E-state index contributed by atoms with van der Waals surface area (Å²) >= 11 is 0. The van der Waals surface area contributed by atoms with Gasteiger partial charge in [-0.3, -0.25) is 0 Å². The lowest BCUT2D eigenvalue weighted by atomic mass is 10.3. The van der Waals surface area contributed by atoms with Crippen molar-refractivity contribution >= 4 is 0 Å². The number of ether oxygens (including phenoxy) is 1. The Morgan fingerprint density at radius 2 is 2.31 bits per heavy atom. The van der Waals surface area contributed by atoms with Crippen molar-refractivity contribution in [1.29, 1.82) is 5.26 Å². The lowest BCUT2D eigenvalue weighted by Crippen LogP contribution is -1.99. The SMILES string of the molecule is Cc1nc(C#N)ccc1OC1CC1. The Morgan fingerprint density at radius 3 is 2.85 bits per heavy atom. The molecule has 0 spiro atoms. The Bertz CT molecular complexity index is 364. The molecule has 0 bridgehead atoms. The summed E-state index contributed by atoms with van der Waals surface area (Å²) in [7, 11) is 0. The van der Waals surface area contributed by atoms with E-state index in [1.54, 1.807) is 6.07 Å². The molecule has 1 heterocycles. The van der Waals surface area contributed by atoms with Crippen LogP contribution in [0.4, 0.5) is 0 Å². The number of rotatable bonds is 2. The van der Waals surface area contributed by atoms with Gasteiger partial charge in [-0.1, -0.05) is 0 Å². The van der Waals surface area contributed by atoms with E-state index in [0.717, 1.165) is 24.3 Å². The molecule has 0 radical (unpaired) electrons. The third-order valence-electron chi connectivity index (χ3n) is 1.97. The molecule has 2 rings (SSSR count). The molecule has 0 aromatic carbocycles. The molecule has 66 valence electrons. The van der Waals surface area contributed by atoms with Gasteiger partial charge >= 0.3 is 0 Å². The van der Waals surface area contributed by atoms with E-state index in [0.29, 0.717) is 11.8 Å². The summed E-state index contributed by atoms with van der Waals surface area (Å²) in [5, 5.41) is 8.59. The molecule has 1 aliphatic rings. The molecule has 1 aliphatic carbocycles. The fourth-order valence-electron chi connectivity index (χ4n) is 1.10. The second-order valence-corrected chi connectivity index (χ2v) is 3.21. The van der Waals surface area contributed by atoms with Crippen LogP contribution in [0, 0.1) is 18.3 Å². The molecule has 0 unspecified atom stereocenters. The molecule has 1 aromatic heterocycles. The molecule has 0 N–H and O–H groups in total. The van der Waals surface area contributed by atoms with Gasteiger partial charge in [0, 0.05) is 0 Å². The van der Waals surface area contributed by atoms with Gasteiger partial charge in [-0.15, -0.1) is 0 Å². The summed E-state index contributed by atoms with van der Waals surface area (Å²) in [6, 6.07) is 5.50. The predicted molar refractivity (Wildman–Crippen MR) is 47.3 cm³/mol. The lowest BCUT2D eigenvalue weighted by molar-refractivity contribution is 0.299. The van der Waals surface area contributed by atoms with Gasteiger partial charge in [-0.05, 0) is 31.9 Å². The van der Waals surface area contributed by atoms with Crippen molar-refractivity contribution in [2.45, 2.75) is 25.9 Å². The van der Waals surface area contributed by atoms with Crippen molar-refractivity contribution in [3.05, 3.63) is 23.5 Å². The third-order valence-corrected chi connectivity index (χ3v) is 1.97. The van der Waals surface area contributed by atoms with Gasteiger partial charge < -0.3 is 4.74 Å². The van der Waals surface area contributed by atoms with E-state index in [1.807, 2.05) is 19.1 Å². The zero-order valence-electron chi connectivity index (χ0n) is 7.45. The minimum Gasteiger partial charge on any atom is -0.489 e. The number of hydrogen-bond donors (Lipinski definition) is 0. The summed E-state index contributed by atoms with van der Waals surface area (Å²) in [6.45, 7) is 1.86. The number of nitriles is 1. The van der Waals surface area contributed by atoms with Crippen LogP contribution in [0.1, 0.15) is 24.2 Å². The van der Waals surface area contributed by atoms with E-state index in [9.17, 15) is 0 Å². The fraction of sp³-hybridized carbons (Fsp3) is 0.400. The van der Waals surface area contributed by atoms with Gasteiger partial charge in [-0.25, -0.2) is 4.98 Å². The molecule has 0 saturated heterocycles. The first-order valence-electron chi connectivity index (χ1n) is 4.34. The maximum atomic E-state index is 8.59. The summed E-state index contributed by atoms with van der Waals surface area (Å²) in [6.07, 6.45) is 2.66. The maximum Gasteiger partial charge on any atom is 0.141 e. The summed E-state index contributed by atoms with van der Waals surface area (Å²) in [5.41, 5.74) is 1.24. The van der Waals surface area contributed by atoms with Crippen LogP contribution in [0.3, 0.4) is 0 Å². The first-order chi connectivity index (χ1) is 6.29. The van der Waals surface area contributed by atoms with Crippen LogP contribution in [0.5, 0.6) is 5.75 Å². The Morgan fingerprint density at radius 1 is 1.54 bits per heavy atom. The zero-order valence-corrected chi connectivity index (χ0v) is 7.45. The molecular weight excluding hydrogens is 164 g/mol. The van der Waals surface area contributed by atoms with Crippen molar-refractivity contribution in [2.75, 3.05) is 0 Å². The quantitative estimate of drug-likeness (QED) is 0.686. The van der Waals surface area contributed by atoms with Crippen LogP contribution in [0.25, 0.3) is 0 Å². The highest BCUT2D eigenvalue weighted by Gasteiger charge is 2.24. The smallest absolute Gasteiger partial charge is 0.141 e. The lowest BCUT2D eigenvalue weighted by Gasteiger charge is -2.06. The highest BCUT2D eigenvalue weighted by molar-refractivity contribution is 5.33. The summed E-state index contributed by atoms with van der Waals surface area (Å²) in [4.78, 5) is 4.09. The van der Waals surface area contributed by atoms with E-state index in [4.69, 9.17) is 10.00 Å². The molecule has 3 heteroatoms. The van der Waals surface area contributed by atoms with Crippen LogP contribution in [0.2, 0.25) is 0 Å². The van der Waals surface area contributed by atoms with Crippen LogP contribution in [-0.4, -0.2) is 11.1 Å². The van der Waals surface area contributed by atoms with Crippen LogP contribution in [-0.2, 0) is 0 Å². The zero-order chi connectivity index (χ0) is 9.26. The Kier molecular flexibility index (Phi) is 1.90. The Labute approximate surface area is 77.0 Å². The van der Waals surface area contributed by atoms with Crippen LogP contribution < -0.4 is 4.74 Å². The van der Waals surface area contributed by atoms with E-state index in [1.165, 1.54) is 0 Å². The molecule has 3 nitrogen and oxygen atoms in total. The molecule has 0 amide bonds. The van der Waals surface area contributed by atoms with E-state index >= 15 is 0 Å². The normalized spacial score (nSPS) is 15.1. The van der Waals surface area contributed by atoms with E-state index < -0.39 is 0 Å². The first-order valence-corrected chi connectivity index (χ1v) is 4.34. The fourth-order valence-corrected chi connectivity index (χ4v) is 1.10. The number of pyridine rings is 1. The topological polar surface area (TPSA) is 45.9 Å². The number of aromatic nitrogens is 1. The Balaban J connectivity index is 2.21. The molecule has 0 aliphatic heterocycles. The minimum absolute atomic E-state index is 0.383. The van der Waals surface area contributed by atoms with Crippen molar-refractivity contribution in [2.24, 2.45) is 0 Å². The van der Waals surface area contributed by atoms with E-state index in [-0.39, 0.29) is 0 Å². The Hall–Kier alpha value is -1.56. The predicted octanol–water partition coefficient (Wildman–Crippen LogP) is 1.80. The third kappa shape index (κ3) is 1.78. The highest BCUT2D eigenvalue weighted by Crippen LogP contribution is 2.28. The van der Waals surface area contributed by atoms with Gasteiger partial charge in [0.05, 0.1) is 11.8 Å². The molecule has 1 saturated carbocycles. The number of hydrogen-bond acceptors (Lipinski definition) is 3. The molecule has 1 aromatic rings.